The first-order chi connectivity index (χ1) is 13.1. The van der Waals surface area contributed by atoms with E-state index in [2.05, 4.69) is 10.3 Å². The van der Waals surface area contributed by atoms with E-state index in [0.29, 0.717) is 16.6 Å². The zero-order valence-electron chi connectivity index (χ0n) is 14.5. The van der Waals surface area contributed by atoms with E-state index in [9.17, 15) is 4.79 Å². The van der Waals surface area contributed by atoms with Crippen LogP contribution >= 0.6 is 11.6 Å². The van der Waals surface area contributed by atoms with Crippen LogP contribution in [0.1, 0.15) is 10.5 Å². The summed E-state index contributed by atoms with van der Waals surface area (Å²) in [5.74, 6) is 0.882. The van der Waals surface area contributed by atoms with E-state index in [1.165, 1.54) is 4.57 Å². The number of nitrogens with zero attached hydrogens (tertiary/aromatic N) is 2. The first-order valence-electron chi connectivity index (χ1n) is 8.33. The molecule has 0 saturated heterocycles. The van der Waals surface area contributed by atoms with Crippen LogP contribution in [-0.4, -0.2) is 22.6 Å². The molecule has 0 fully saturated rings. The van der Waals surface area contributed by atoms with Crippen LogP contribution in [0.25, 0.3) is 10.8 Å². The number of para-hydroxylation sites is 2. The minimum absolute atomic E-state index is 0.250. The molecule has 2 heterocycles. The summed E-state index contributed by atoms with van der Waals surface area (Å²) in [5, 5.41) is 5.55. The highest BCUT2D eigenvalue weighted by Crippen LogP contribution is 2.27. The van der Waals surface area contributed by atoms with Gasteiger partial charge in [-0.3, -0.25) is 9.36 Å². The number of anilines is 2. The molecule has 0 amide bonds. The largest absolute Gasteiger partial charge is 0.495 e. The average molecular weight is 378 g/mol. The number of nitrogens with one attached hydrogen (secondary N) is 1. The molecule has 0 aliphatic heterocycles. The molecule has 0 saturated carbocycles. The van der Waals surface area contributed by atoms with Gasteiger partial charge in [0.25, 0.3) is 5.91 Å². The third kappa shape index (κ3) is 3.50. The molecule has 0 aliphatic carbocycles. The highest BCUT2D eigenvalue weighted by Gasteiger charge is 2.14. The first-order valence-corrected chi connectivity index (χ1v) is 8.71. The molecular formula is C21H16ClN3O2. The molecule has 1 N–H and O–H groups in total. The Morgan fingerprint density at radius 3 is 2.41 bits per heavy atom. The number of halogens is 1. The zero-order chi connectivity index (χ0) is 18.8. The van der Waals surface area contributed by atoms with Crippen LogP contribution in [-0.2, 0) is 0 Å². The Morgan fingerprint density at radius 1 is 1.04 bits per heavy atom. The molecule has 5 nitrogen and oxygen atoms in total. The van der Waals surface area contributed by atoms with E-state index in [1.54, 1.807) is 31.6 Å². The monoisotopic (exact) mass is 377 g/mol. The highest BCUT2D eigenvalue weighted by atomic mass is 35.5. The topological polar surface area (TPSA) is 56.1 Å². The third-order valence-electron chi connectivity index (χ3n) is 4.17. The number of benzene rings is 2. The van der Waals surface area contributed by atoms with E-state index in [1.807, 2.05) is 48.5 Å². The second kappa shape index (κ2) is 7.13. The number of methoxy groups -OCH3 is 1. The van der Waals surface area contributed by atoms with Gasteiger partial charge in [0.15, 0.2) is 0 Å². The maximum atomic E-state index is 12.9. The number of aromatic nitrogens is 2. The number of carbonyl (C=O) groups excluding carboxylic acids is 1. The van der Waals surface area contributed by atoms with Gasteiger partial charge >= 0.3 is 0 Å². The molecule has 134 valence electrons. The summed E-state index contributed by atoms with van der Waals surface area (Å²) in [6.07, 6.45) is 3.57. The molecule has 4 aromatic rings. The lowest BCUT2D eigenvalue weighted by atomic mass is 10.2. The van der Waals surface area contributed by atoms with Gasteiger partial charge in [-0.15, -0.1) is 0 Å². The number of hydrogen-bond donors (Lipinski definition) is 1. The van der Waals surface area contributed by atoms with Crippen molar-refractivity contribution in [3.63, 3.8) is 0 Å². The summed E-state index contributed by atoms with van der Waals surface area (Å²) in [4.78, 5) is 17.3. The third-order valence-corrected chi connectivity index (χ3v) is 4.38. The molecule has 0 unspecified atom stereocenters. The fourth-order valence-electron chi connectivity index (χ4n) is 2.89. The molecule has 2 aromatic carbocycles. The predicted molar refractivity (Wildman–Crippen MR) is 107 cm³/mol. The number of pyridine rings is 1. The summed E-state index contributed by atoms with van der Waals surface area (Å²) in [5.41, 5.74) is 0.986. The lowest BCUT2D eigenvalue weighted by Crippen LogP contribution is -2.12. The second-order valence-corrected chi connectivity index (χ2v) is 6.42. The van der Waals surface area contributed by atoms with Gasteiger partial charge in [0.2, 0.25) is 0 Å². The van der Waals surface area contributed by atoms with Crippen molar-refractivity contribution in [1.82, 2.24) is 9.55 Å². The van der Waals surface area contributed by atoms with Crippen LogP contribution in [0.3, 0.4) is 0 Å². The molecule has 0 bridgehead atoms. The lowest BCUT2D eigenvalue weighted by Gasteiger charge is -2.11. The Hall–Kier alpha value is -3.31. The quantitative estimate of drug-likeness (QED) is 0.535. The van der Waals surface area contributed by atoms with Crippen molar-refractivity contribution in [2.45, 2.75) is 0 Å². The van der Waals surface area contributed by atoms with Gasteiger partial charge in [0.1, 0.15) is 17.3 Å². The molecule has 6 heteroatoms. The van der Waals surface area contributed by atoms with Crippen molar-refractivity contribution >= 4 is 39.8 Å². The normalized spacial score (nSPS) is 10.7. The van der Waals surface area contributed by atoms with Crippen molar-refractivity contribution in [3.8, 4) is 5.75 Å². The van der Waals surface area contributed by atoms with Crippen molar-refractivity contribution in [3.05, 3.63) is 83.8 Å². The molecule has 0 aliphatic rings. The summed E-state index contributed by atoms with van der Waals surface area (Å²) < 4.78 is 6.86. The van der Waals surface area contributed by atoms with Gasteiger partial charge in [0.05, 0.1) is 12.8 Å². The van der Waals surface area contributed by atoms with E-state index >= 15 is 0 Å². The van der Waals surface area contributed by atoms with Gasteiger partial charge < -0.3 is 10.1 Å². The van der Waals surface area contributed by atoms with Crippen LogP contribution in [0.4, 0.5) is 11.5 Å². The van der Waals surface area contributed by atoms with E-state index < -0.39 is 0 Å². The minimum atomic E-state index is -0.253. The summed E-state index contributed by atoms with van der Waals surface area (Å²) in [6, 6.07) is 18.5. The average Bonchev–Trinajstić information content (AvgIpc) is 3.11. The Kier molecular flexibility index (Phi) is 4.52. The fourth-order valence-corrected chi connectivity index (χ4v) is 3.10. The molecule has 27 heavy (non-hydrogen) atoms. The molecule has 2 aromatic heterocycles. The van der Waals surface area contributed by atoms with Crippen molar-refractivity contribution in [2.24, 2.45) is 0 Å². The van der Waals surface area contributed by atoms with Crippen LogP contribution in [0, 0.1) is 0 Å². The van der Waals surface area contributed by atoms with Gasteiger partial charge in [-0.25, -0.2) is 4.98 Å². The van der Waals surface area contributed by atoms with Crippen LogP contribution < -0.4 is 10.1 Å². The lowest BCUT2D eigenvalue weighted by molar-refractivity contribution is 0.0956. The maximum absolute atomic E-state index is 12.9. The summed E-state index contributed by atoms with van der Waals surface area (Å²) in [7, 11) is 1.59. The summed E-state index contributed by atoms with van der Waals surface area (Å²) >= 11 is 6.23. The van der Waals surface area contributed by atoms with Crippen LogP contribution in [0.15, 0.2) is 73.1 Å². The molecule has 0 radical (unpaired) electrons. The van der Waals surface area contributed by atoms with Gasteiger partial charge in [0, 0.05) is 17.4 Å². The van der Waals surface area contributed by atoms with E-state index in [0.717, 1.165) is 16.5 Å². The van der Waals surface area contributed by atoms with Gasteiger partial charge in [-0.1, -0.05) is 48.0 Å². The first kappa shape index (κ1) is 17.1. The Bertz CT molecular complexity index is 1100. The van der Waals surface area contributed by atoms with Crippen LogP contribution in [0.5, 0.6) is 5.75 Å². The standard InChI is InChI=1S/C21H16ClN3O2/c1-27-19-9-5-4-8-17(19)23-20-11-16(22)10-18(24-20)21(26)25-12-14-6-2-3-7-15(14)13-25/h2-13H,1H3,(H,23,24). The van der Waals surface area contributed by atoms with Gasteiger partial charge in [-0.05, 0) is 35.0 Å². The van der Waals surface area contributed by atoms with Crippen molar-refractivity contribution in [2.75, 3.05) is 12.4 Å². The Balaban J connectivity index is 1.68. The SMILES string of the molecule is COc1ccccc1Nc1cc(Cl)cc(C(=O)n2cc3ccccc3c2)n1. The van der Waals surface area contributed by atoms with Crippen LogP contribution in [0.2, 0.25) is 5.02 Å². The number of rotatable bonds is 4. The minimum Gasteiger partial charge on any atom is -0.495 e. The smallest absolute Gasteiger partial charge is 0.280 e. The predicted octanol–water partition coefficient (Wildman–Crippen LogP) is 5.13. The number of ether oxygens (including phenoxy) is 1. The molecule has 0 atom stereocenters. The highest BCUT2D eigenvalue weighted by molar-refractivity contribution is 6.31. The summed E-state index contributed by atoms with van der Waals surface area (Å²) in [6.45, 7) is 0. The maximum Gasteiger partial charge on any atom is 0.280 e. The Labute approximate surface area is 161 Å². The van der Waals surface area contributed by atoms with E-state index in [-0.39, 0.29) is 11.6 Å². The fraction of sp³-hybridized carbons (Fsp3) is 0.0476. The number of fused-ring (bicyclic) bond motifs is 1. The van der Waals surface area contributed by atoms with Gasteiger partial charge in [-0.2, -0.15) is 0 Å². The zero-order valence-corrected chi connectivity index (χ0v) is 15.3. The van der Waals surface area contributed by atoms with Crippen molar-refractivity contribution < 1.29 is 9.53 Å². The number of hydrogen-bond acceptors (Lipinski definition) is 4. The molecule has 0 spiro atoms. The van der Waals surface area contributed by atoms with Crippen molar-refractivity contribution in [1.29, 1.82) is 0 Å². The molecular weight excluding hydrogens is 362 g/mol. The van der Waals surface area contributed by atoms with E-state index in [4.69, 9.17) is 16.3 Å². The Morgan fingerprint density at radius 2 is 1.70 bits per heavy atom. The number of carbonyl (C=O) groups is 1. The second-order valence-electron chi connectivity index (χ2n) is 5.98. The molecule has 4 rings (SSSR count).